The third-order valence-electron chi connectivity index (χ3n) is 4.46. The highest BCUT2D eigenvalue weighted by Crippen LogP contribution is 2.37. The van der Waals surface area contributed by atoms with Crippen molar-refractivity contribution in [2.75, 3.05) is 5.32 Å². The van der Waals surface area contributed by atoms with Crippen LogP contribution in [0.1, 0.15) is 38.1 Å². The number of amides is 1. The first-order valence-corrected chi connectivity index (χ1v) is 7.64. The first kappa shape index (κ1) is 13.4. The number of hydrogen-bond acceptors (Lipinski definition) is 5. The average molecular weight is 298 g/mol. The Morgan fingerprint density at radius 1 is 1.36 bits per heavy atom. The zero-order valence-electron chi connectivity index (χ0n) is 12.2. The summed E-state index contributed by atoms with van der Waals surface area (Å²) in [7, 11) is 0. The third-order valence-corrected chi connectivity index (χ3v) is 4.46. The maximum absolute atomic E-state index is 12.2. The van der Waals surface area contributed by atoms with E-state index in [9.17, 15) is 4.79 Å². The molecule has 2 fully saturated rings. The molecule has 0 saturated heterocycles. The Kier molecular flexibility index (Phi) is 2.97. The molecular weight excluding hydrogens is 280 g/mol. The Morgan fingerprint density at radius 2 is 2.18 bits per heavy atom. The van der Waals surface area contributed by atoms with Crippen LogP contribution in [0.4, 0.5) is 5.69 Å². The highest BCUT2D eigenvalue weighted by atomic mass is 16.2. The van der Waals surface area contributed by atoms with Crippen molar-refractivity contribution in [2.45, 2.75) is 43.7 Å². The van der Waals surface area contributed by atoms with Crippen LogP contribution in [0, 0.1) is 0 Å². The fraction of sp³-hybridized carbons (Fsp3) is 0.467. The van der Waals surface area contributed by atoms with Gasteiger partial charge in [-0.05, 0) is 54.7 Å². The number of carbonyl (C=O) groups is 1. The molecule has 0 atom stereocenters. The molecule has 2 aromatic rings. The smallest absolute Gasteiger partial charge is 0.244 e. The quantitative estimate of drug-likeness (QED) is 0.891. The second-order valence-corrected chi connectivity index (χ2v) is 6.22. The summed E-state index contributed by atoms with van der Waals surface area (Å²) in [6.07, 6.45) is 4.74. The first-order valence-electron chi connectivity index (χ1n) is 7.64. The Hall–Kier alpha value is -2.28. The average Bonchev–Trinajstić information content (AvgIpc) is 3.22. The summed E-state index contributed by atoms with van der Waals surface area (Å²) in [5.41, 5.74) is 6.97. The van der Waals surface area contributed by atoms with Gasteiger partial charge in [0.1, 0.15) is 0 Å². The van der Waals surface area contributed by atoms with Gasteiger partial charge in [0.15, 0.2) is 5.82 Å². The van der Waals surface area contributed by atoms with Gasteiger partial charge in [-0.2, -0.15) is 0 Å². The van der Waals surface area contributed by atoms with Crippen LogP contribution in [0.3, 0.4) is 0 Å². The second kappa shape index (κ2) is 4.88. The lowest BCUT2D eigenvalue weighted by atomic mass is 9.77. The van der Waals surface area contributed by atoms with Crippen molar-refractivity contribution in [2.24, 2.45) is 5.73 Å². The predicted octanol–water partition coefficient (Wildman–Crippen LogP) is 1.49. The molecule has 1 amide bonds. The molecular formula is C15H18N6O. The summed E-state index contributed by atoms with van der Waals surface area (Å²) in [6, 6.07) is 7.99. The summed E-state index contributed by atoms with van der Waals surface area (Å²) in [4.78, 5) is 12.2. The first-order chi connectivity index (χ1) is 10.7. The molecule has 4 rings (SSSR count). The van der Waals surface area contributed by atoms with E-state index in [1.165, 1.54) is 0 Å². The summed E-state index contributed by atoms with van der Waals surface area (Å²) in [5, 5.41) is 14.8. The van der Waals surface area contributed by atoms with Gasteiger partial charge < -0.3 is 11.1 Å². The van der Waals surface area contributed by atoms with Gasteiger partial charge >= 0.3 is 0 Å². The van der Waals surface area contributed by atoms with E-state index in [-0.39, 0.29) is 5.91 Å². The molecule has 1 aromatic heterocycles. The molecule has 22 heavy (non-hydrogen) atoms. The monoisotopic (exact) mass is 298 g/mol. The van der Waals surface area contributed by atoms with Crippen LogP contribution < -0.4 is 11.1 Å². The van der Waals surface area contributed by atoms with E-state index in [2.05, 4.69) is 20.8 Å². The van der Waals surface area contributed by atoms with Crippen molar-refractivity contribution in [3.05, 3.63) is 24.3 Å². The summed E-state index contributed by atoms with van der Waals surface area (Å²) < 4.78 is 1.86. The van der Waals surface area contributed by atoms with E-state index in [4.69, 9.17) is 5.73 Å². The molecule has 2 aliphatic carbocycles. The molecule has 7 nitrogen and oxygen atoms in total. The number of hydrogen-bond donors (Lipinski definition) is 2. The Labute approximate surface area is 127 Å². The van der Waals surface area contributed by atoms with E-state index in [0.29, 0.717) is 6.04 Å². The number of rotatable bonds is 4. The fourth-order valence-corrected chi connectivity index (χ4v) is 2.73. The van der Waals surface area contributed by atoms with Gasteiger partial charge in [0.2, 0.25) is 5.91 Å². The zero-order valence-corrected chi connectivity index (χ0v) is 12.2. The SMILES string of the molecule is NC1(C(=O)Nc2cccc(-c3nnnn3C3CC3)c2)CCC1. The van der Waals surface area contributed by atoms with Gasteiger partial charge in [-0.15, -0.1) is 5.10 Å². The summed E-state index contributed by atoms with van der Waals surface area (Å²) in [5.74, 6) is 0.627. The fourth-order valence-electron chi connectivity index (χ4n) is 2.73. The van der Waals surface area contributed by atoms with E-state index >= 15 is 0 Å². The van der Waals surface area contributed by atoms with Crippen LogP contribution in [0.5, 0.6) is 0 Å². The van der Waals surface area contributed by atoms with Crippen LogP contribution in [0.2, 0.25) is 0 Å². The highest BCUT2D eigenvalue weighted by Gasteiger charge is 2.40. The van der Waals surface area contributed by atoms with Crippen LogP contribution in [-0.2, 0) is 4.79 Å². The van der Waals surface area contributed by atoms with Gasteiger partial charge in [-0.25, -0.2) is 4.68 Å². The third kappa shape index (κ3) is 2.27. The second-order valence-electron chi connectivity index (χ2n) is 6.22. The Morgan fingerprint density at radius 3 is 2.86 bits per heavy atom. The van der Waals surface area contributed by atoms with Gasteiger partial charge in [-0.3, -0.25) is 4.79 Å². The number of nitrogens with one attached hydrogen (secondary N) is 1. The number of nitrogens with zero attached hydrogens (tertiary/aromatic N) is 4. The van der Waals surface area contributed by atoms with Gasteiger partial charge in [0, 0.05) is 11.3 Å². The summed E-state index contributed by atoms with van der Waals surface area (Å²) >= 11 is 0. The van der Waals surface area contributed by atoms with Crippen molar-refractivity contribution in [1.82, 2.24) is 20.2 Å². The predicted molar refractivity (Wildman–Crippen MR) is 80.9 cm³/mol. The minimum atomic E-state index is -0.703. The molecule has 1 heterocycles. The lowest BCUT2D eigenvalue weighted by Gasteiger charge is -2.36. The van der Waals surface area contributed by atoms with Crippen molar-refractivity contribution in [3.8, 4) is 11.4 Å². The number of tetrazole rings is 1. The molecule has 7 heteroatoms. The largest absolute Gasteiger partial charge is 0.324 e. The van der Waals surface area contributed by atoms with Crippen LogP contribution in [0.15, 0.2) is 24.3 Å². The van der Waals surface area contributed by atoms with Crippen LogP contribution in [0.25, 0.3) is 11.4 Å². The topological polar surface area (TPSA) is 98.7 Å². The number of aromatic nitrogens is 4. The zero-order chi connectivity index (χ0) is 15.2. The number of nitrogens with two attached hydrogens (primary N) is 1. The van der Waals surface area contributed by atoms with Crippen molar-refractivity contribution < 1.29 is 4.79 Å². The summed E-state index contributed by atoms with van der Waals surface area (Å²) in [6.45, 7) is 0. The standard InChI is InChI=1S/C15H18N6O/c16-15(7-2-8-15)14(22)17-11-4-1-3-10(9-11)13-18-19-20-21(13)12-5-6-12/h1,3-4,9,12H,2,5-8,16H2,(H,17,22). The van der Waals surface area contributed by atoms with E-state index < -0.39 is 5.54 Å². The molecule has 0 spiro atoms. The molecule has 0 aliphatic heterocycles. The molecule has 2 saturated carbocycles. The maximum atomic E-state index is 12.2. The molecule has 2 aliphatic rings. The molecule has 0 unspecified atom stereocenters. The molecule has 3 N–H and O–H groups in total. The molecule has 1 aromatic carbocycles. The minimum Gasteiger partial charge on any atom is -0.324 e. The van der Waals surface area contributed by atoms with E-state index in [0.717, 1.165) is 49.2 Å². The lowest BCUT2D eigenvalue weighted by molar-refractivity contribution is -0.123. The van der Waals surface area contributed by atoms with E-state index in [1.54, 1.807) is 0 Å². The Balaban J connectivity index is 1.58. The lowest BCUT2D eigenvalue weighted by Crippen LogP contribution is -2.56. The Bertz CT molecular complexity index is 716. The van der Waals surface area contributed by atoms with E-state index in [1.807, 2.05) is 28.9 Å². The van der Waals surface area contributed by atoms with Crippen LogP contribution >= 0.6 is 0 Å². The van der Waals surface area contributed by atoms with Crippen LogP contribution in [-0.4, -0.2) is 31.7 Å². The molecule has 0 radical (unpaired) electrons. The number of carbonyl (C=O) groups excluding carboxylic acids is 1. The highest BCUT2D eigenvalue weighted by molar-refractivity contribution is 5.98. The molecule has 114 valence electrons. The van der Waals surface area contributed by atoms with Gasteiger partial charge in [0.25, 0.3) is 0 Å². The van der Waals surface area contributed by atoms with Gasteiger partial charge in [0.05, 0.1) is 11.6 Å². The molecule has 0 bridgehead atoms. The normalized spacial score (nSPS) is 19.5. The van der Waals surface area contributed by atoms with Crippen molar-refractivity contribution in [3.63, 3.8) is 0 Å². The number of benzene rings is 1. The van der Waals surface area contributed by atoms with Crippen molar-refractivity contribution >= 4 is 11.6 Å². The maximum Gasteiger partial charge on any atom is 0.244 e. The van der Waals surface area contributed by atoms with Crippen molar-refractivity contribution in [1.29, 1.82) is 0 Å². The van der Waals surface area contributed by atoms with Gasteiger partial charge in [-0.1, -0.05) is 12.1 Å². The number of anilines is 1. The minimum absolute atomic E-state index is 0.113.